The topological polar surface area (TPSA) is 47.7 Å². The van der Waals surface area contributed by atoms with Gasteiger partial charge in [-0.25, -0.2) is 14.1 Å². The number of hydrogen-bond acceptors (Lipinski definition) is 3. The second-order valence-electron chi connectivity index (χ2n) is 5.51. The minimum absolute atomic E-state index is 0.0759. The molecule has 2 aromatic heterocycles. The predicted molar refractivity (Wildman–Crippen MR) is 88.1 cm³/mol. The van der Waals surface area contributed by atoms with Crippen LogP contribution in [0.3, 0.4) is 0 Å². The first-order valence-electron chi connectivity index (χ1n) is 7.65. The molecule has 0 amide bonds. The zero-order valence-electron chi connectivity index (χ0n) is 13.5. The third-order valence-corrected chi connectivity index (χ3v) is 4.00. The lowest BCUT2D eigenvalue weighted by atomic mass is 10.2. The standard InChI is InChI=1S/C17H20FN5/c1-4-14(17-19-9-10-22(17)3)21-15-11-20-23(12(15)2)16-8-6-5-7-13(16)18/h5-11,14,21H,4H2,1-3H3/t14-/m1/s1. The molecule has 23 heavy (non-hydrogen) atoms. The highest BCUT2D eigenvalue weighted by Crippen LogP contribution is 2.25. The summed E-state index contributed by atoms with van der Waals surface area (Å²) in [6.07, 6.45) is 6.33. The average Bonchev–Trinajstić information content (AvgIpc) is 3.12. The Bertz CT molecular complexity index is 805. The Hall–Kier alpha value is -2.63. The number of para-hydroxylation sites is 1. The van der Waals surface area contributed by atoms with Gasteiger partial charge in [0, 0.05) is 19.4 Å². The number of hydrogen-bond donors (Lipinski definition) is 1. The van der Waals surface area contributed by atoms with Gasteiger partial charge >= 0.3 is 0 Å². The van der Waals surface area contributed by atoms with Gasteiger partial charge in [0.2, 0.25) is 0 Å². The van der Waals surface area contributed by atoms with E-state index in [9.17, 15) is 4.39 Å². The molecule has 1 atom stereocenters. The van der Waals surface area contributed by atoms with Crippen LogP contribution in [0, 0.1) is 12.7 Å². The highest BCUT2D eigenvalue weighted by Gasteiger charge is 2.17. The summed E-state index contributed by atoms with van der Waals surface area (Å²) in [5.74, 6) is 0.673. The number of halogens is 1. The number of rotatable bonds is 5. The summed E-state index contributed by atoms with van der Waals surface area (Å²) in [5.41, 5.74) is 2.19. The van der Waals surface area contributed by atoms with Gasteiger partial charge in [-0.15, -0.1) is 0 Å². The van der Waals surface area contributed by atoms with E-state index in [4.69, 9.17) is 0 Å². The van der Waals surface area contributed by atoms with E-state index < -0.39 is 0 Å². The molecule has 1 N–H and O–H groups in total. The van der Waals surface area contributed by atoms with Crippen LogP contribution in [0.1, 0.15) is 30.9 Å². The van der Waals surface area contributed by atoms with Crippen molar-refractivity contribution in [2.45, 2.75) is 26.3 Å². The quantitative estimate of drug-likeness (QED) is 0.782. The van der Waals surface area contributed by atoms with Gasteiger partial charge in [0.25, 0.3) is 0 Å². The molecule has 6 heteroatoms. The normalized spacial score (nSPS) is 12.3. The average molecular weight is 313 g/mol. The highest BCUT2D eigenvalue weighted by molar-refractivity contribution is 5.50. The molecule has 1 aromatic carbocycles. The van der Waals surface area contributed by atoms with Crippen molar-refractivity contribution >= 4 is 5.69 Å². The van der Waals surface area contributed by atoms with Crippen LogP contribution >= 0.6 is 0 Å². The van der Waals surface area contributed by atoms with Crippen LogP contribution in [0.15, 0.2) is 42.9 Å². The first-order chi connectivity index (χ1) is 11.1. The van der Waals surface area contributed by atoms with Gasteiger partial charge in [0.05, 0.1) is 23.6 Å². The maximum atomic E-state index is 14.0. The van der Waals surface area contributed by atoms with Gasteiger partial charge in [0.1, 0.15) is 17.3 Å². The van der Waals surface area contributed by atoms with Crippen LogP contribution < -0.4 is 5.32 Å². The van der Waals surface area contributed by atoms with Crippen LogP contribution in [0.25, 0.3) is 5.69 Å². The predicted octanol–water partition coefficient (Wildman–Crippen LogP) is 3.62. The van der Waals surface area contributed by atoms with Crippen LogP contribution in [0.4, 0.5) is 10.1 Å². The fourth-order valence-electron chi connectivity index (χ4n) is 2.67. The van der Waals surface area contributed by atoms with Gasteiger partial charge in [-0.05, 0) is 25.5 Å². The molecule has 0 fully saturated rings. The summed E-state index contributed by atoms with van der Waals surface area (Å²) in [6.45, 7) is 4.02. The first kappa shape index (κ1) is 15.3. The number of nitrogens with zero attached hydrogens (tertiary/aromatic N) is 4. The number of aromatic nitrogens is 4. The molecule has 0 unspecified atom stereocenters. The van der Waals surface area contributed by atoms with E-state index in [-0.39, 0.29) is 11.9 Å². The van der Waals surface area contributed by atoms with E-state index in [0.29, 0.717) is 5.69 Å². The molecule has 2 heterocycles. The van der Waals surface area contributed by atoms with Crippen LogP contribution in [0.2, 0.25) is 0 Å². The summed E-state index contributed by atoms with van der Waals surface area (Å²) < 4.78 is 17.6. The number of anilines is 1. The summed E-state index contributed by atoms with van der Waals surface area (Å²) in [7, 11) is 1.97. The zero-order chi connectivity index (χ0) is 16.4. The third kappa shape index (κ3) is 2.84. The van der Waals surface area contributed by atoms with Gasteiger partial charge in [0.15, 0.2) is 0 Å². The van der Waals surface area contributed by atoms with Gasteiger partial charge in [-0.1, -0.05) is 19.1 Å². The van der Waals surface area contributed by atoms with Crippen molar-refractivity contribution < 1.29 is 4.39 Å². The van der Waals surface area contributed by atoms with E-state index in [1.54, 1.807) is 35.3 Å². The van der Waals surface area contributed by atoms with Crippen LogP contribution in [0.5, 0.6) is 0 Å². The van der Waals surface area contributed by atoms with E-state index >= 15 is 0 Å². The zero-order valence-corrected chi connectivity index (χ0v) is 13.5. The third-order valence-electron chi connectivity index (χ3n) is 4.00. The smallest absolute Gasteiger partial charge is 0.148 e. The van der Waals surface area contributed by atoms with Crippen molar-refractivity contribution in [1.82, 2.24) is 19.3 Å². The lowest BCUT2D eigenvalue weighted by Crippen LogP contribution is -2.15. The second kappa shape index (κ2) is 6.24. The Morgan fingerprint density at radius 3 is 2.74 bits per heavy atom. The Labute approximate surface area is 134 Å². The molecule has 5 nitrogen and oxygen atoms in total. The molecule has 0 saturated carbocycles. The first-order valence-corrected chi connectivity index (χ1v) is 7.65. The number of imidazole rings is 1. The maximum absolute atomic E-state index is 14.0. The Kier molecular flexibility index (Phi) is 4.14. The minimum atomic E-state index is -0.290. The van der Waals surface area contributed by atoms with Crippen LogP contribution in [-0.4, -0.2) is 19.3 Å². The molecule has 0 radical (unpaired) electrons. The van der Waals surface area contributed by atoms with Gasteiger partial charge in [-0.2, -0.15) is 5.10 Å². The van der Waals surface area contributed by atoms with Crippen molar-refractivity contribution in [2.75, 3.05) is 5.32 Å². The number of aryl methyl sites for hydroxylation is 1. The Morgan fingerprint density at radius 1 is 1.30 bits per heavy atom. The molecular formula is C17H20FN5. The lowest BCUT2D eigenvalue weighted by Gasteiger charge is -2.17. The highest BCUT2D eigenvalue weighted by atomic mass is 19.1. The van der Waals surface area contributed by atoms with Gasteiger partial charge < -0.3 is 9.88 Å². The molecule has 0 spiro atoms. The summed E-state index contributed by atoms with van der Waals surface area (Å²) in [4.78, 5) is 4.41. The molecule has 0 saturated heterocycles. The lowest BCUT2D eigenvalue weighted by molar-refractivity contribution is 0.608. The van der Waals surface area contributed by atoms with Crippen molar-refractivity contribution in [3.8, 4) is 5.69 Å². The van der Waals surface area contributed by atoms with Crippen molar-refractivity contribution in [3.05, 3.63) is 60.2 Å². The van der Waals surface area contributed by atoms with E-state index in [2.05, 4.69) is 22.3 Å². The second-order valence-corrected chi connectivity index (χ2v) is 5.51. The summed E-state index contributed by atoms with van der Waals surface area (Å²) >= 11 is 0. The molecular weight excluding hydrogens is 293 g/mol. The van der Waals surface area contributed by atoms with E-state index in [0.717, 1.165) is 23.6 Å². The Balaban J connectivity index is 1.90. The molecule has 3 aromatic rings. The van der Waals surface area contributed by atoms with E-state index in [1.165, 1.54) is 6.07 Å². The van der Waals surface area contributed by atoms with Gasteiger partial charge in [-0.3, -0.25) is 0 Å². The monoisotopic (exact) mass is 313 g/mol. The minimum Gasteiger partial charge on any atom is -0.372 e. The van der Waals surface area contributed by atoms with Crippen LogP contribution in [-0.2, 0) is 7.05 Å². The fourth-order valence-corrected chi connectivity index (χ4v) is 2.67. The van der Waals surface area contributed by atoms with Crippen molar-refractivity contribution in [2.24, 2.45) is 7.05 Å². The Morgan fingerprint density at radius 2 is 2.09 bits per heavy atom. The summed E-state index contributed by atoms with van der Waals surface area (Å²) in [5, 5.41) is 7.79. The largest absolute Gasteiger partial charge is 0.372 e. The molecule has 120 valence electrons. The number of nitrogens with one attached hydrogen (secondary N) is 1. The molecule has 0 aliphatic carbocycles. The van der Waals surface area contributed by atoms with Crippen molar-refractivity contribution in [3.63, 3.8) is 0 Å². The fraction of sp³-hybridized carbons (Fsp3) is 0.294. The molecule has 3 rings (SSSR count). The molecule has 0 aliphatic heterocycles. The summed E-state index contributed by atoms with van der Waals surface area (Å²) in [6, 6.07) is 6.70. The molecule has 0 bridgehead atoms. The van der Waals surface area contributed by atoms with E-state index in [1.807, 2.05) is 24.7 Å². The molecule has 0 aliphatic rings. The maximum Gasteiger partial charge on any atom is 0.148 e. The number of benzene rings is 1. The SMILES string of the molecule is CC[C@@H](Nc1cnn(-c2ccccc2F)c1C)c1nccn1C. The van der Waals surface area contributed by atoms with Crippen molar-refractivity contribution in [1.29, 1.82) is 0 Å².